The summed E-state index contributed by atoms with van der Waals surface area (Å²) in [4.78, 5) is 17.8. The lowest BCUT2D eigenvalue weighted by molar-refractivity contribution is 0.0903. The second kappa shape index (κ2) is 8.68. The Morgan fingerprint density at radius 3 is 2.64 bits per heavy atom. The number of hydrogen-bond donors (Lipinski definition) is 1. The number of nitrogens with zero attached hydrogens (tertiary/aromatic N) is 5. The van der Waals surface area contributed by atoms with Crippen molar-refractivity contribution in [1.82, 2.24) is 19.5 Å². The third-order valence-corrected chi connectivity index (χ3v) is 8.66. The van der Waals surface area contributed by atoms with Crippen molar-refractivity contribution in [2.45, 2.75) is 49.0 Å². The first-order valence-corrected chi connectivity index (χ1v) is 13.3. The van der Waals surface area contributed by atoms with Crippen molar-refractivity contribution >= 4 is 33.6 Å². The van der Waals surface area contributed by atoms with Crippen molar-refractivity contribution in [2.75, 3.05) is 42.3 Å². The predicted molar refractivity (Wildman–Crippen MR) is 129 cm³/mol. The van der Waals surface area contributed by atoms with Crippen molar-refractivity contribution < 1.29 is 8.95 Å². The molecule has 0 unspecified atom stereocenters. The van der Waals surface area contributed by atoms with E-state index in [1.807, 2.05) is 6.07 Å². The third kappa shape index (κ3) is 3.91. The van der Waals surface area contributed by atoms with Gasteiger partial charge >= 0.3 is 0 Å². The highest BCUT2D eigenvalue weighted by molar-refractivity contribution is 7.85. The Labute approximate surface area is 196 Å². The van der Waals surface area contributed by atoms with Crippen LogP contribution in [0.4, 0.5) is 11.8 Å². The van der Waals surface area contributed by atoms with Gasteiger partial charge in [-0.3, -0.25) is 4.21 Å². The van der Waals surface area contributed by atoms with Gasteiger partial charge in [-0.2, -0.15) is 4.98 Å². The van der Waals surface area contributed by atoms with E-state index in [9.17, 15) is 4.21 Å². The first-order valence-electron chi connectivity index (χ1n) is 12.0. The second-order valence-corrected chi connectivity index (χ2v) is 10.8. The number of ether oxygens (including phenoxy) is 1. The molecule has 0 radical (unpaired) electrons. The Kier molecular flexibility index (Phi) is 5.54. The Bertz CT molecular complexity index is 1200. The Morgan fingerprint density at radius 1 is 1.06 bits per heavy atom. The summed E-state index contributed by atoms with van der Waals surface area (Å²) < 4.78 is 20.4. The molecule has 2 fully saturated rings. The van der Waals surface area contributed by atoms with Gasteiger partial charge in [0.25, 0.3) is 0 Å². The molecule has 3 aromatic rings. The van der Waals surface area contributed by atoms with E-state index in [2.05, 4.69) is 40.0 Å². The molecule has 5 heterocycles. The Hall–Kier alpha value is -2.52. The van der Waals surface area contributed by atoms with E-state index < -0.39 is 10.8 Å². The molecule has 0 bridgehead atoms. The van der Waals surface area contributed by atoms with E-state index in [0.717, 1.165) is 86.3 Å². The molecule has 9 heteroatoms. The van der Waals surface area contributed by atoms with Crippen molar-refractivity contribution in [2.24, 2.45) is 7.05 Å². The van der Waals surface area contributed by atoms with Crippen molar-refractivity contribution in [3.63, 3.8) is 0 Å². The zero-order chi connectivity index (χ0) is 22.4. The summed E-state index contributed by atoms with van der Waals surface area (Å²) in [5, 5.41) is 3.58. The molecule has 2 saturated heterocycles. The van der Waals surface area contributed by atoms with Crippen LogP contribution in [0.25, 0.3) is 11.0 Å². The van der Waals surface area contributed by atoms with Crippen LogP contribution in [0.1, 0.15) is 43.1 Å². The number of benzene rings is 1. The molecule has 3 aliphatic rings. The maximum atomic E-state index is 12.7. The molecule has 2 aromatic heterocycles. The smallest absolute Gasteiger partial charge is 0.227 e. The normalized spacial score (nSPS) is 22.1. The fourth-order valence-electron chi connectivity index (χ4n) is 5.33. The van der Waals surface area contributed by atoms with Crippen LogP contribution in [0, 0.1) is 0 Å². The van der Waals surface area contributed by atoms with Gasteiger partial charge in [0.15, 0.2) is 0 Å². The minimum atomic E-state index is -1.02. The lowest BCUT2D eigenvalue weighted by Gasteiger charge is -2.32. The average molecular weight is 467 g/mol. The molecule has 0 amide bonds. The average Bonchev–Trinajstić information content (AvgIpc) is 3.40. The van der Waals surface area contributed by atoms with Crippen LogP contribution >= 0.6 is 0 Å². The first-order chi connectivity index (χ1) is 16.2. The summed E-state index contributed by atoms with van der Waals surface area (Å²) in [5.74, 6) is 3.79. The maximum absolute atomic E-state index is 12.7. The molecule has 8 nitrogen and oxygen atoms in total. The summed E-state index contributed by atoms with van der Waals surface area (Å²) in [6.45, 7) is 3.31. The molecular weight excluding hydrogens is 436 g/mol. The minimum Gasteiger partial charge on any atom is -0.381 e. The minimum absolute atomic E-state index is 0.312. The highest BCUT2D eigenvalue weighted by Gasteiger charge is 2.31. The summed E-state index contributed by atoms with van der Waals surface area (Å²) in [5.41, 5.74) is 3.20. The van der Waals surface area contributed by atoms with Gasteiger partial charge in [0.1, 0.15) is 16.5 Å². The fraction of sp³-hybridized carbons (Fsp3) is 0.542. The standard InChI is InChI=1S/C24H30N6O2S/c1-29-20-5-3-2-4-18(20)26-23(29)16-6-11-30(12-7-16)24-27-19-10-15-33(31)21(19)22(28-24)25-17-8-13-32-14-9-17/h2-5,16-17H,6-15H2,1H3,(H,25,27,28)/t33-/m1/s1. The molecule has 0 saturated carbocycles. The second-order valence-electron chi connectivity index (χ2n) is 9.26. The number of nitrogens with one attached hydrogen (secondary N) is 1. The van der Waals surface area contributed by atoms with Crippen LogP contribution in [0.15, 0.2) is 29.2 Å². The predicted octanol–water partition coefficient (Wildman–Crippen LogP) is 3.00. The van der Waals surface area contributed by atoms with Crippen LogP contribution in [-0.2, 0) is 29.0 Å². The molecule has 0 aliphatic carbocycles. The summed E-state index contributed by atoms with van der Waals surface area (Å²) in [7, 11) is 1.10. The highest BCUT2D eigenvalue weighted by atomic mass is 32.2. The van der Waals surface area contributed by atoms with Gasteiger partial charge in [0, 0.05) is 57.5 Å². The van der Waals surface area contributed by atoms with Crippen molar-refractivity contribution in [1.29, 1.82) is 0 Å². The van der Waals surface area contributed by atoms with Gasteiger partial charge in [0.2, 0.25) is 5.95 Å². The van der Waals surface area contributed by atoms with E-state index in [1.165, 1.54) is 11.3 Å². The van der Waals surface area contributed by atoms with Gasteiger partial charge < -0.3 is 19.5 Å². The third-order valence-electron chi connectivity index (χ3n) is 7.20. The van der Waals surface area contributed by atoms with Gasteiger partial charge in [-0.15, -0.1) is 0 Å². The lowest BCUT2D eigenvalue weighted by Crippen LogP contribution is -2.35. The van der Waals surface area contributed by atoms with E-state index in [-0.39, 0.29) is 0 Å². The highest BCUT2D eigenvalue weighted by Crippen LogP contribution is 2.34. The fourth-order valence-corrected chi connectivity index (χ4v) is 6.64. The van der Waals surface area contributed by atoms with Crippen LogP contribution < -0.4 is 10.2 Å². The topological polar surface area (TPSA) is 85.2 Å². The molecular formula is C24H30N6O2S. The maximum Gasteiger partial charge on any atom is 0.227 e. The molecule has 174 valence electrons. The van der Waals surface area contributed by atoms with E-state index in [1.54, 1.807) is 0 Å². The van der Waals surface area contributed by atoms with Gasteiger partial charge in [-0.05, 0) is 37.8 Å². The number of imidazole rings is 1. The SMILES string of the molecule is Cn1c(C2CCN(c3nc4c(c(NC5CCOCC5)n3)[S@](=O)CC4)CC2)nc2ccccc21. The number of hydrogen-bond acceptors (Lipinski definition) is 7. The Balaban J connectivity index is 1.22. The van der Waals surface area contributed by atoms with Crippen LogP contribution in [0.2, 0.25) is 0 Å². The van der Waals surface area contributed by atoms with E-state index in [0.29, 0.717) is 17.7 Å². The van der Waals surface area contributed by atoms with Crippen molar-refractivity contribution in [3.8, 4) is 0 Å². The lowest BCUT2D eigenvalue weighted by atomic mass is 9.96. The molecule has 1 N–H and O–H groups in total. The van der Waals surface area contributed by atoms with Crippen LogP contribution in [-0.4, -0.2) is 61.8 Å². The van der Waals surface area contributed by atoms with Gasteiger partial charge in [-0.25, -0.2) is 9.97 Å². The van der Waals surface area contributed by atoms with Crippen LogP contribution in [0.5, 0.6) is 0 Å². The monoisotopic (exact) mass is 466 g/mol. The zero-order valence-electron chi connectivity index (χ0n) is 19.0. The van der Waals surface area contributed by atoms with Gasteiger partial charge in [0.05, 0.1) is 27.5 Å². The molecule has 6 rings (SSSR count). The Morgan fingerprint density at radius 2 is 1.85 bits per heavy atom. The van der Waals surface area contributed by atoms with Gasteiger partial charge in [-0.1, -0.05) is 12.1 Å². The number of anilines is 2. The molecule has 33 heavy (non-hydrogen) atoms. The summed E-state index contributed by atoms with van der Waals surface area (Å²) in [6.07, 6.45) is 4.70. The largest absolute Gasteiger partial charge is 0.381 e. The first kappa shape index (κ1) is 21.0. The van der Waals surface area contributed by atoms with Crippen LogP contribution in [0.3, 0.4) is 0 Å². The molecule has 3 aliphatic heterocycles. The molecule has 0 spiro atoms. The number of piperidine rings is 1. The number of aryl methyl sites for hydroxylation is 2. The number of fused-ring (bicyclic) bond motifs is 2. The number of aromatic nitrogens is 4. The number of para-hydroxylation sites is 2. The van der Waals surface area contributed by atoms with Crippen molar-refractivity contribution in [3.05, 3.63) is 35.8 Å². The summed E-state index contributed by atoms with van der Waals surface area (Å²) in [6, 6.07) is 8.65. The van der Waals surface area contributed by atoms with E-state index in [4.69, 9.17) is 19.7 Å². The molecule has 1 atom stereocenters. The molecule has 1 aromatic carbocycles. The summed E-state index contributed by atoms with van der Waals surface area (Å²) >= 11 is 0. The quantitative estimate of drug-likeness (QED) is 0.633. The number of rotatable bonds is 4. The zero-order valence-corrected chi connectivity index (χ0v) is 19.8. The van der Waals surface area contributed by atoms with E-state index >= 15 is 0 Å².